The van der Waals surface area contributed by atoms with Crippen molar-refractivity contribution in [2.24, 2.45) is 0 Å². The highest BCUT2D eigenvalue weighted by Gasteiger charge is 2.58. The molecule has 272 valence electrons. The molecule has 0 aliphatic carbocycles. The third kappa shape index (κ3) is 9.26. The van der Waals surface area contributed by atoms with Crippen LogP contribution in [0.3, 0.4) is 0 Å². The van der Waals surface area contributed by atoms with Crippen molar-refractivity contribution in [2.75, 3.05) is 26.3 Å². The second-order valence-corrected chi connectivity index (χ2v) is 14.2. The Balaban J connectivity index is 1.04. The molecule has 4 aliphatic heterocycles. The molecule has 0 saturated carbocycles. The Morgan fingerprint density at radius 2 is 1.04 bits per heavy atom. The van der Waals surface area contributed by atoms with Crippen molar-refractivity contribution in [2.45, 2.75) is 133 Å². The minimum absolute atomic E-state index is 0.00499. The fraction of sp³-hybridized carbons (Fsp3) is 0.676. The number of fused-ring (bicyclic) bond motifs is 2. The summed E-state index contributed by atoms with van der Waals surface area (Å²) in [5.41, 5.74) is 2.12. The molecule has 2 aromatic rings. The van der Waals surface area contributed by atoms with E-state index in [1.807, 2.05) is 88.4 Å². The van der Waals surface area contributed by atoms with Crippen molar-refractivity contribution in [3.05, 3.63) is 71.8 Å². The monoisotopic (exact) mass is 686 g/mol. The van der Waals surface area contributed by atoms with Gasteiger partial charge in [-0.15, -0.1) is 0 Å². The van der Waals surface area contributed by atoms with Gasteiger partial charge in [0, 0.05) is 25.3 Å². The highest BCUT2D eigenvalue weighted by Crippen LogP contribution is 2.41. The normalized spacial score (nSPS) is 32.6. The Hall–Kier alpha value is -2.04. The first kappa shape index (κ1) is 36.7. The molecule has 0 spiro atoms. The summed E-state index contributed by atoms with van der Waals surface area (Å²) in [6.45, 7) is 9.62. The van der Waals surface area contributed by atoms with Gasteiger partial charge in [-0.2, -0.15) is 0 Å². The van der Waals surface area contributed by atoms with Gasteiger partial charge in [0.1, 0.15) is 36.6 Å². The lowest BCUT2D eigenvalue weighted by Crippen LogP contribution is -2.51. The highest BCUT2D eigenvalue weighted by atomic mass is 16.9. The predicted octanol–water partition coefficient (Wildman–Crippen LogP) is 2.98. The smallest absolute Gasteiger partial charge is 0.190 e. The molecule has 4 unspecified atom stereocenters. The summed E-state index contributed by atoms with van der Waals surface area (Å²) in [7, 11) is 0. The summed E-state index contributed by atoms with van der Waals surface area (Å²) >= 11 is 0. The van der Waals surface area contributed by atoms with Gasteiger partial charge in [-0.05, 0) is 71.2 Å². The van der Waals surface area contributed by atoms with Crippen LogP contribution in [0.4, 0.5) is 0 Å². The topological polar surface area (TPSA) is 138 Å². The Bertz CT molecular complexity index is 1190. The zero-order valence-corrected chi connectivity index (χ0v) is 29.1. The second kappa shape index (κ2) is 16.5. The molecule has 4 saturated heterocycles. The molecule has 12 nitrogen and oxygen atoms in total. The van der Waals surface area contributed by atoms with Gasteiger partial charge in [0.15, 0.2) is 24.2 Å². The minimum Gasteiger partial charge on any atom is -0.396 e. The van der Waals surface area contributed by atoms with Gasteiger partial charge in [-0.25, -0.2) is 0 Å². The van der Waals surface area contributed by atoms with Gasteiger partial charge in [0.05, 0.1) is 13.2 Å². The summed E-state index contributed by atoms with van der Waals surface area (Å²) in [5, 5.41) is 27.2. The number of hydrogen-bond acceptors (Lipinski definition) is 12. The Labute approximate surface area is 289 Å². The number of rotatable bonds is 18. The summed E-state index contributed by atoms with van der Waals surface area (Å²) in [5.74, 6) is -1.54. The number of hydrogen-bond donors (Lipinski definition) is 4. The standard InChI is InChI=1S/C37H54N2O10/c1-36(2)46-32-30(42-22-24-12-7-5-8-13-24)28(44-34(32)48-36)26(16-20-40)38-18-11-19-39-27(17-21-41)29-31(43-23-25-14-9-6-10-15-25)33-35(45-29)49-37(3,4)47-33/h5-10,12-15,26-35,38-41H,11,16-23H2,1-4H3/t26?,27?,28?,29?,30-,31-,32+,33+,34+,35+/m0/s1. The van der Waals surface area contributed by atoms with Crippen LogP contribution in [0.1, 0.15) is 58.1 Å². The molecule has 6 rings (SSSR count). The van der Waals surface area contributed by atoms with E-state index in [1.165, 1.54) is 0 Å². The fourth-order valence-electron chi connectivity index (χ4n) is 7.28. The van der Waals surface area contributed by atoms with E-state index in [0.29, 0.717) is 39.1 Å². The average Bonchev–Trinajstić information content (AvgIpc) is 3.77. The molecule has 10 atom stereocenters. The summed E-state index contributed by atoms with van der Waals surface area (Å²) in [6.07, 6.45) is -1.66. The molecular weight excluding hydrogens is 632 g/mol. The van der Waals surface area contributed by atoms with Crippen LogP contribution < -0.4 is 10.6 Å². The molecule has 4 fully saturated rings. The van der Waals surface area contributed by atoms with Crippen molar-refractivity contribution in [3.63, 3.8) is 0 Å². The van der Waals surface area contributed by atoms with E-state index < -0.39 is 24.2 Å². The number of benzene rings is 2. The van der Waals surface area contributed by atoms with Crippen molar-refractivity contribution >= 4 is 0 Å². The van der Waals surface area contributed by atoms with Crippen LogP contribution in [0, 0.1) is 0 Å². The van der Waals surface area contributed by atoms with Crippen molar-refractivity contribution in [1.82, 2.24) is 10.6 Å². The van der Waals surface area contributed by atoms with Crippen LogP contribution in [0.5, 0.6) is 0 Å². The maximum atomic E-state index is 9.99. The molecular formula is C37H54N2O10. The molecule has 4 heterocycles. The number of nitrogens with one attached hydrogen (secondary N) is 2. The summed E-state index contributed by atoms with van der Waals surface area (Å²) < 4.78 is 50.3. The summed E-state index contributed by atoms with van der Waals surface area (Å²) in [4.78, 5) is 0. The Kier molecular flexibility index (Phi) is 12.4. The van der Waals surface area contributed by atoms with E-state index in [-0.39, 0.29) is 61.9 Å². The molecule has 12 heteroatoms. The molecule has 4 N–H and O–H groups in total. The predicted molar refractivity (Wildman–Crippen MR) is 179 cm³/mol. The quantitative estimate of drug-likeness (QED) is 0.172. The molecule has 49 heavy (non-hydrogen) atoms. The number of ether oxygens (including phenoxy) is 8. The van der Waals surface area contributed by atoms with E-state index >= 15 is 0 Å². The van der Waals surface area contributed by atoms with E-state index in [9.17, 15) is 10.2 Å². The molecule has 2 aromatic carbocycles. The first-order valence-electron chi connectivity index (χ1n) is 17.7. The largest absolute Gasteiger partial charge is 0.396 e. The second-order valence-electron chi connectivity index (χ2n) is 14.2. The molecule has 4 aliphatic rings. The average molecular weight is 687 g/mol. The van der Waals surface area contributed by atoms with Gasteiger partial charge < -0.3 is 58.7 Å². The SMILES string of the molecule is CC1(C)O[C@H]2OC(C(CCO)NCCCNC(CCO)C3O[C@@H]4OC(C)(C)O[C@@H]4[C@H]3OCc3ccccc3)[C@H](OCc3ccccc3)[C@H]2O1. The zero-order chi connectivity index (χ0) is 34.4. The Morgan fingerprint density at radius 1 is 0.633 bits per heavy atom. The third-order valence-electron chi connectivity index (χ3n) is 9.46. The van der Waals surface area contributed by atoms with Crippen molar-refractivity contribution in [3.8, 4) is 0 Å². The molecule has 0 bridgehead atoms. The maximum absolute atomic E-state index is 9.99. The van der Waals surface area contributed by atoms with Crippen LogP contribution in [0.15, 0.2) is 60.7 Å². The van der Waals surface area contributed by atoms with Gasteiger partial charge in [0.2, 0.25) is 0 Å². The van der Waals surface area contributed by atoms with Gasteiger partial charge in [-0.1, -0.05) is 60.7 Å². The zero-order valence-electron chi connectivity index (χ0n) is 29.1. The van der Waals surface area contributed by atoms with E-state index in [4.69, 9.17) is 37.9 Å². The van der Waals surface area contributed by atoms with Gasteiger partial charge in [-0.3, -0.25) is 0 Å². The van der Waals surface area contributed by atoms with Crippen molar-refractivity contribution in [1.29, 1.82) is 0 Å². The number of aliphatic hydroxyl groups is 2. The number of aliphatic hydroxyl groups excluding tert-OH is 2. The lowest BCUT2D eigenvalue weighted by molar-refractivity contribution is -0.223. The highest BCUT2D eigenvalue weighted by molar-refractivity contribution is 5.15. The lowest BCUT2D eigenvalue weighted by Gasteiger charge is -2.32. The van der Waals surface area contributed by atoms with Crippen molar-refractivity contribution < 1.29 is 48.1 Å². The molecule has 0 radical (unpaired) electrons. The molecule has 0 amide bonds. The first-order chi connectivity index (χ1) is 23.7. The van der Waals surface area contributed by atoms with E-state index in [0.717, 1.165) is 17.5 Å². The van der Waals surface area contributed by atoms with Crippen LogP contribution in [-0.4, -0.2) is 109 Å². The van der Waals surface area contributed by atoms with Crippen LogP contribution >= 0.6 is 0 Å². The van der Waals surface area contributed by atoms with Crippen LogP contribution in [-0.2, 0) is 51.1 Å². The maximum Gasteiger partial charge on any atom is 0.190 e. The van der Waals surface area contributed by atoms with Gasteiger partial charge >= 0.3 is 0 Å². The van der Waals surface area contributed by atoms with E-state index in [2.05, 4.69) is 10.6 Å². The Morgan fingerprint density at radius 3 is 1.43 bits per heavy atom. The van der Waals surface area contributed by atoms with Gasteiger partial charge in [0.25, 0.3) is 0 Å². The third-order valence-corrected chi connectivity index (χ3v) is 9.46. The first-order valence-corrected chi connectivity index (χ1v) is 17.7. The summed E-state index contributed by atoms with van der Waals surface area (Å²) in [6, 6.07) is 19.6. The minimum atomic E-state index is -0.771. The van der Waals surface area contributed by atoms with Crippen LogP contribution in [0.25, 0.3) is 0 Å². The van der Waals surface area contributed by atoms with E-state index in [1.54, 1.807) is 0 Å². The lowest BCUT2D eigenvalue weighted by atomic mass is 10.00. The molecule has 0 aromatic heterocycles. The van der Waals surface area contributed by atoms with Crippen LogP contribution in [0.2, 0.25) is 0 Å². The fourth-order valence-corrected chi connectivity index (χ4v) is 7.28.